The quantitative estimate of drug-likeness (QED) is 0.479. The monoisotopic (exact) mass is 533 g/mol. The van der Waals surface area contributed by atoms with Gasteiger partial charge in [0.05, 0.1) is 23.3 Å². The summed E-state index contributed by atoms with van der Waals surface area (Å²) in [6.07, 6.45) is 0.396. The van der Waals surface area contributed by atoms with Crippen LogP contribution < -0.4 is 14.4 Å². The molecule has 0 bridgehead atoms. The summed E-state index contributed by atoms with van der Waals surface area (Å²) in [6, 6.07) is 13.2. The Morgan fingerprint density at radius 3 is 2.24 bits per heavy atom. The average molecular weight is 534 g/mol. The van der Waals surface area contributed by atoms with E-state index < -0.39 is 27.6 Å². The number of methoxy groups -OCH3 is 1. The Kier molecular flexibility index (Phi) is 8.03. The number of hydrogen-bond donors (Lipinski definition) is 1. The van der Waals surface area contributed by atoms with Gasteiger partial charge in [-0.2, -0.15) is 0 Å². The van der Waals surface area contributed by atoms with E-state index in [2.05, 4.69) is 4.72 Å². The molecule has 0 aromatic heterocycles. The molecule has 37 heavy (non-hydrogen) atoms. The molecule has 4 rings (SSSR count). The molecule has 3 aromatic rings. The molecule has 1 N–H and O–H groups in total. The van der Waals surface area contributed by atoms with Crippen LogP contribution in [0.5, 0.6) is 5.75 Å². The van der Waals surface area contributed by atoms with Crippen LogP contribution in [0.3, 0.4) is 0 Å². The third-order valence-corrected chi connectivity index (χ3v) is 7.61. The summed E-state index contributed by atoms with van der Waals surface area (Å²) in [6.45, 7) is 1.35. The molecule has 1 aliphatic rings. The van der Waals surface area contributed by atoms with E-state index in [9.17, 15) is 26.4 Å². The Bertz CT molecular complexity index is 1380. The highest BCUT2D eigenvalue weighted by Crippen LogP contribution is 2.32. The maximum absolute atomic E-state index is 14.1. The van der Waals surface area contributed by atoms with Crippen molar-refractivity contribution in [3.63, 3.8) is 0 Å². The van der Waals surface area contributed by atoms with Gasteiger partial charge in [-0.1, -0.05) is 12.1 Å². The molecule has 3 aromatic carbocycles. The van der Waals surface area contributed by atoms with Gasteiger partial charge in [-0.25, -0.2) is 26.3 Å². The number of anilines is 1. The summed E-state index contributed by atoms with van der Waals surface area (Å²) >= 11 is 0. The van der Waals surface area contributed by atoms with Crippen LogP contribution in [0, 0.1) is 17.5 Å². The zero-order valence-corrected chi connectivity index (χ0v) is 20.9. The van der Waals surface area contributed by atoms with Crippen molar-refractivity contribution in [1.82, 2.24) is 9.62 Å². The van der Waals surface area contributed by atoms with Gasteiger partial charge < -0.3 is 14.5 Å². The first-order valence-electron chi connectivity index (χ1n) is 11.6. The number of nitrogens with zero attached hydrogens (tertiary/aromatic N) is 2. The number of amides is 1. The lowest BCUT2D eigenvalue weighted by Gasteiger charge is -2.36. The molecule has 1 amide bonds. The molecular weight excluding hydrogens is 507 g/mol. The lowest BCUT2D eigenvalue weighted by molar-refractivity contribution is 0.0742. The SMILES string of the molecule is COc1ccc(S(=O)(=O)NCCc2ccc(F)cc2)cc1N1CCN(C(=O)c2ccc(F)cc2F)CC1. The Labute approximate surface area is 213 Å². The summed E-state index contributed by atoms with van der Waals surface area (Å²) in [5.74, 6) is -2.10. The lowest BCUT2D eigenvalue weighted by atomic mass is 10.1. The summed E-state index contributed by atoms with van der Waals surface area (Å²) in [4.78, 5) is 16.1. The minimum Gasteiger partial charge on any atom is -0.495 e. The zero-order chi connectivity index (χ0) is 26.6. The van der Waals surface area contributed by atoms with E-state index in [1.807, 2.05) is 4.90 Å². The predicted octanol–water partition coefficient (Wildman–Crippen LogP) is 3.60. The van der Waals surface area contributed by atoms with Crippen LogP contribution in [0.4, 0.5) is 18.9 Å². The van der Waals surface area contributed by atoms with Crippen molar-refractivity contribution in [3.8, 4) is 5.75 Å². The highest BCUT2D eigenvalue weighted by atomic mass is 32.2. The van der Waals surface area contributed by atoms with Crippen molar-refractivity contribution in [2.45, 2.75) is 11.3 Å². The maximum Gasteiger partial charge on any atom is 0.256 e. The number of carbonyl (C=O) groups is 1. The van der Waals surface area contributed by atoms with Crippen molar-refractivity contribution in [3.05, 3.63) is 89.2 Å². The number of halogens is 3. The highest BCUT2D eigenvalue weighted by molar-refractivity contribution is 7.89. The van der Waals surface area contributed by atoms with Crippen LogP contribution in [0.2, 0.25) is 0 Å². The molecule has 0 saturated carbocycles. The minimum absolute atomic E-state index is 0.0503. The zero-order valence-electron chi connectivity index (χ0n) is 20.1. The lowest BCUT2D eigenvalue weighted by Crippen LogP contribution is -2.49. The first-order valence-corrected chi connectivity index (χ1v) is 13.1. The molecule has 0 spiro atoms. The van der Waals surface area contributed by atoms with Crippen LogP contribution in [-0.4, -0.2) is 59.1 Å². The van der Waals surface area contributed by atoms with Crippen LogP contribution in [0.25, 0.3) is 0 Å². The number of piperazine rings is 1. The molecule has 1 fully saturated rings. The Hall–Kier alpha value is -3.57. The van der Waals surface area contributed by atoms with Gasteiger partial charge in [-0.15, -0.1) is 0 Å². The summed E-state index contributed by atoms with van der Waals surface area (Å²) in [5.41, 5.74) is 1.14. The predicted molar refractivity (Wildman–Crippen MR) is 133 cm³/mol. The molecule has 1 aliphatic heterocycles. The first-order chi connectivity index (χ1) is 17.7. The molecule has 0 unspecified atom stereocenters. The van der Waals surface area contributed by atoms with E-state index in [1.54, 1.807) is 18.2 Å². The van der Waals surface area contributed by atoms with E-state index in [0.717, 1.165) is 17.7 Å². The molecule has 0 aliphatic carbocycles. The van der Waals surface area contributed by atoms with Crippen LogP contribution >= 0.6 is 0 Å². The smallest absolute Gasteiger partial charge is 0.256 e. The minimum atomic E-state index is -3.84. The number of rotatable bonds is 8. The van der Waals surface area contributed by atoms with Gasteiger partial charge in [-0.3, -0.25) is 4.79 Å². The van der Waals surface area contributed by atoms with Crippen LogP contribution in [-0.2, 0) is 16.4 Å². The summed E-state index contributed by atoms with van der Waals surface area (Å²) in [5, 5.41) is 0. The van der Waals surface area contributed by atoms with Crippen molar-refractivity contribution in [1.29, 1.82) is 0 Å². The molecule has 196 valence electrons. The normalized spacial score (nSPS) is 14.1. The molecule has 0 atom stereocenters. The number of nitrogens with one attached hydrogen (secondary N) is 1. The fraction of sp³-hybridized carbons (Fsp3) is 0.269. The molecule has 1 heterocycles. The van der Waals surface area contributed by atoms with E-state index in [-0.39, 0.29) is 35.9 Å². The van der Waals surface area contributed by atoms with Gasteiger partial charge in [0, 0.05) is 38.8 Å². The standard InChI is InChI=1S/C26H26F3N3O4S/c1-36-25-9-7-21(37(34,35)30-11-10-18-2-4-19(27)5-3-18)17-24(25)31-12-14-32(15-13-31)26(33)22-8-6-20(28)16-23(22)29/h2-9,16-17,30H,10-15H2,1H3. The molecule has 1 saturated heterocycles. The van der Waals surface area contributed by atoms with Crippen molar-refractivity contribution >= 4 is 21.6 Å². The van der Waals surface area contributed by atoms with E-state index in [1.165, 1.54) is 36.3 Å². The van der Waals surface area contributed by atoms with E-state index >= 15 is 0 Å². The van der Waals surface area contributed by atoms with Crippen molar-refractivity contribution in [2.75, 3.05) is 44.7 Å². The molecule has 11 heteroatoms. The third kappa shape index (κ3) is 6.23. The van der Waals surface area contributed by atoms with Crippen LogP contribution in [0.1, 0.15) is 15.9 Å². The van der Waals surface area contributed by atoms with Gasteiger partial charge in [0.25, 0.3) is 5.91 Å². The first kappa shape index (κ1) is 26.5. The van der Waals surface area contributed by atoms with E-state index in [4.69, 9.17) is 4.74 Å². The number of benzene rings is 3. The third-order valence-electron chi connectivity index (χ3n) is 6.15. The Morgan fingerprint density at radius 2 is 1.59 bits per heavy atom. The van der Waals surface area contributed by atoms with Gasteiger partial charge in [0.15, 0.2) is 0 Å². The summed E-state index contributed by atoms with van der Waals surface area (Å²) in [7, 11) is -2.36. The van der Waals surface area contributed by atoms with Crippen molar-refractivity contribution in [2.24, 2.45) is 0 Å². The fourth-order valence-corrected chi connectivity index (χ4v) is 5.18. The van der Waals surface area contributed by atoms with Crippen molar-refractivity contribution < 1.29 is 31.1 Å². The van der Waals surface area contributed by atoms with E-state index in [0.29, 0.717) is 37.0 Å². The Morgan fingerprint density at radius 1 is 0.919 bits per heavy atom. The number of ether oxygens (including phenoxy) is 1. The maximum atomic E-state index is 14.1. The Balaban J connectivity index is 1.43. The molecule has 7 nitrogen and oxygen atoms in total. The number of hydrogen-bond acceptors (Lipinski definition) is 5. The highest BCUT2D eigenvalue weighted by Gasteiger charge is 2.27. The second kappa shape index (κ2) is 11.2. The van der Waals surface area contributed by atoms with Gasteiger partial charge in [-0.05, 0) is 54.4 Å². The largest absolute Gasteiger partial charge is 0.495 e. The number of sulfonamides is 1. The average Bonchev–Trinajstić information content (AvgIpc) is 2.89. The van der Waals surface area contributed by atoms with Gasteiger partial charge in [0.2, 0.25) is 10.0 Å². The molecular formula is C26H26F3N3O4S. The number of carbonyl (C=O) groups excluding carboxylic acids is 1. The van der Waals surface area contributed by atoms with Gasteiger partial charge in [0.1, 0.15) is 23.2 Å². The topological polar surface area (TPSA) is 79.0 Å². The second-order valence-corrected chi connectivity index (χ2v) is 10.3. The molecule has 0 radical (unpaired) electrons. The second-order valence-electron chi connectivity index (χ2n) is 8.51. The van der Waals surface area contributed by atoms with Crippen LogP contribution in [0.15, 0.2) is 65.6 Å². The van der Waals surface area contributed by atoms with Gasteiger partial charge >= 0.3 is 0 Å². The summed E-state index contributed by atoms with van der Waals surface area (Å²) < 4.78 is 74.2. The fourth-order valence-electron chi connectivity index (χ4n) is 4.13.